The molecule has 1 fully saturated rings. The van der Waals surface area contributed by atoms with Gasteiger partial charge in [-0.05, 0) is 122 Å². The molecule has 0 bridgehead atoms. The van der Waals surface area contributed by atoms with E-state index in [1.165, 1.54) is 25.7 Å². The predicted molar refractivity (Wildman–Crippen MR) is 312 cm³/mol. The quantitative estimate of drug-likeness (QED) is 0.0228. The highest BCUT2D eigenvalue weighted by molar-refractivity contribution is 5.74. The minimum absolute atomic E-state index is 0.0165. The van der Waals surface area contributed by atoms with E-state index < -0.39 is 67.3 Å². The summed E-state index contributed by atoms with van der Waals surface area (Å²) < 4.78 is 28.4. The molecule has 3 N–H and O–H groups in total. The third-order valence-electron chi connectivity index (χ3n) is 12.8. The minimum Gasteiger partial charge on any atom is -0.479 e. The summed E-state index contributed by atoms with van der Waals surface area (Å²) in [6.45, 7) is 5.69. The Morgan fingerprint density at radius 1 is 0.442 bits per heavy atom. The molecule has 0 amide bonds. The maximum Gasteiger partial charge on any atom is 0.335 e. The van der Waals surface area contributed by atoms with Crippen molar-refractivity contribution in [1.29, 1.82) is 0 Å². The van der Waals surface area contributed by atoms with Gasteiger partial charge in [0.1, 0.15) is 18.8 Å². The van der Waals surface area contributed by atoms with Crippen LogP contribution in [0.4, 0.5) is 0 Å². The fourth-order valence-corrected chi connectivity index (χ4v) is 8.28. The number of esters is 3. The van der Waals surface area contributed by atoms with Gasteiger partial charge < -0.3 is 39.0 Å². The van der Waals surface area contributed by atoms with Gasteiger partial charge >= 0.3 is 23.9 Å². The van der Waals surface area contributed by atoms with Gasteiger partial charge in [0, 0.05) is 19.3 Å². The summed E-state index contributed by atoms with van der Waals surface area (Å²) in [5.41, 5.74) is 0. The molecular weight excluding hydrogens is 973 g/mol. The van der Waals surface area contributed by atoms with Crippen molar-refractivity contribution in [3.63, 3.8) is 0 Å². The summed E-state index contributed by atoms with van der Waals surface area (Å²) in [5.74, 6) is -3.21. The molecule has 1 aliphatic rings. The Bertz CT molecular complexity index is 1750. The molecule has 436 valence electrons. The van der Waals surface area contributed by atoms with Crippen LogP contribution in [0.1, 0.15) is 226 Å². The number of hydrogen-bond acceptors (Lipinski definition) is 11. The second kappa shape index (κ2) is 52.1. The molecule has 1 heterocycles. The molecule has 0 spiro atoms. The van der Waals surface area contributed by atoms with Crippen molar-refractivity contribution in [2.45, 2.75) is 263 Å². The van der Waals surface area contributed by atoms with Crippen molar-refractivity contribution in [2.75, 3.05) is 13.2 Å². The second-order valence-corrected chi connectivity index (χ2v) is 19.9. The van der Waals surface area contributed by atoms with Gasteiger partial charge in [-0.2, -0.15) is 0 Å². The van der Waals surface area contributed by atoms with Crippen LogP contribution in [0.25, 0.3) is 0 Å². The molecule has 0 aromatic heterocycles. The lowest BCUT2D eigenvalue weighted by Crippen LogP contribution is -2.61. The zero-order chi connectivity index (χ0) is 56.1. The molecule has 12 nitrogen and oxygen atoms in total. The van der Waals surface area contributed by atoms with E-state index in [2.05, 4.69) is 130 Å². The summed E-state index contributed by atoms with van der Waals surface area (Å²) in [6, 6.07) is 0. The van der Waals surface area contributed by atoms with Gasteiger partial charge in [-0.3, -0.25) is 14.4 Å². The first-order valence-electron chi connectivity index (χ1n) is 29.9. The molecule has 0 radical (unpaired) electrons. The number of carboxylic acids is 1. The number of carbonyl (C=O) groups excluding carboxylic acids is 3. The van der Waals surface area contributed by atoms with Gasteiger partial charge in [0.05, 0.1) is 6.61 Å². The van der Waals surface area contributed by atoms with Crippen LogP contribution in [0.15, 0.2) is 109 Å². The fourth-order valence-electron chi connectivity index (χ4n) is 8.28. The van der Waals surface area contributed by atoms with Crippen LogP contribution < -0.4 is 0 Å². The lowest BCUT2D eigenvalue weighted by molar-refractivity contribution is -0.301. The first-order valence-corrected chi connectivity index (χ1v) is 29.9. The number of aliphatic carboxylic acids is 1. The monoisotopic (exact) mass is 1080 g/mol. The number of carbonyl (C=O) groups is 4. The predicted octanol–water partition coefficient (Wildman–Crippen LogP) is 15.4. The molecule has 0 aromatic rings. The van der Waals surface area contributed by atoms with Crippen molar-refractivity contribution in [3.8, 4) is 0 Å². The molecule has 6 unspecified atom stereocenters. The van der Waals surface area contributed by atoms with Gasteiger partial charge in [0.2, 0.25) is 0 Å². The van der Waals surface area contributed by atoms with Crippen LogP contribution in [0.5, 0.6) is 0 Å². The summed E-state index contributed by atoms with van der Waals surface area (Å²) in [5, 5.41) is 31.5. The maximum absolute atomic E-state index is 13.2. The van der Waals surface area contributed by atoms with Crippen molar-refractivity contribution in [2.24, 2.45) is 0 Å². The van der Waals surface area contributed by atoms with Crippen LogP contribution in [0.3, 0.4) is 0 Å². The lowest BCUT2D eigenvalue weighted by atomic mass is 9.98. The first-order chi connectivity index (χ1) is 37.6. The van der Waals surface area contributed by atoms with Gasteiger partial charge in [0.15, 0.2) is 24.6 Å². The Hall–Kier alpha value is -4.62. The molecule has 6 atom stereocenters. The van der Waals surface area contributed by atoms with Crippen LogP contribution in [-0.4, -0.2) is 89.2 Å². The number of allylic oxidation sites excluding steroid dienone is 18. The normalized spacial score (nSPS) is 18.8. The number of aliphatic hydroxyl groups is 2. The summed E-state index contributed by atoms with van der Waals surface area (Å²) in [6.07, 6.45) is 57.7. The second-order valence-electron chi connectivity index (χ2n) is 19.9. The molecule has 12 heteroatoms. The standard InChI is InChI=1S/C65H104O12/c1-4-7-10-13-16-19-22-25-27-28-29-30-32-34-36-39-42-45-48-51-57(66)73-54-56(75-58(67)52-49-46-43-40-38-35-31-26-23-20-17-14-11-8-5-2)55-74-65-63(61(70)60(69)62(77-65)64(71)72)76-59(68)53-50-47-44-41-37-33-24-21-18-15-12-9-6-3/h8-9,11-12,16-21,25-27,29-31,33,37,56,60-63,65,69-70H,4-7,10,13-15,22-24,28,32,34-36,38-55H2,1-3H3,(H,71,72)/b11-8-,12-9-,19-16-,20-17-,21-18-,27-25-,30-29-,31-26-,37-33-. The highest BCUT2D eigenvalue weighted by atomic mass is 16.7. The van der Waals surface area contributed by atoms with E-state index in [1.807, 2.05) is 0 Å². The highest BCUT2D eigenvalue weighted by Gasteiger charge is 2.50. The SMILES string of the molecule is CC/C=C\C/C=C\C/C=C\CCCCCCCC(=O)OC(COC(=O)CCCCCCCC/C=C\C/C=C\C/C=C\CCCCC)COC1OC(C(=O)O)C(O)C(O)C1OC(=O)CCCCC/C=C\C/C=C\C/C=C\CC. The molecular formula is C65H104O12. The molecule has 1 rings (SSSR count). The van der Waals surface area contributed by atoms with Gasteiger partial charge in [-0.1, -0.05) is 194 Å². The number of rotatable bonds is 49. The smallest absolute Gasteiger partial charge is 0.335 e. The highest BCUT2D eigenvalue weighted by Crippen LogP contribution is 2.26. The molecule has 0 aromatic carbocycles. The van der Waals surface area contributed by atoms with E-state index in [0.717, 1.165) is 141 Å². The molecule has 1 aliphatic heterocycles. The Morgan fingerprint density at radius 3 is 1.26 bits per heavy atom. The Labute approximate surface area is 465 Å². The van der Waals surface area contributed by atoms with Crippen molar-refractivity contribution < 1.29 is 58.2 Å². The van der Waals surface area contributed by atoms with Crippen LogP contribution in [-0.2, 0) is 42.9 Å². The number of aliphatic hydroxyl groups excluding tert-OH is 2. The third kappa shape index (κ3) is 42.1. The largest absolute Gasteiger partial charge is 0.479 e. The van der Waals surface area contributed by atoms with E-state index >= 15 is 0 Å². The zero-order valence-electron chi connectivity index (χ0n) is 47.9. The van der Waals surface area contributed by atoms with E-state index in [1.54, 1.807) is 0 Å². The van der Waals surface area contributed by atoms with Crippen molar-refractivity contribution in [1.82, 2.24) is 0 Å². The number of unbranched alkanes of at least 4 members (excludes halogenated alkanes) is 17. The van der Waals surface area contributed by atoms with Crippen LogP contribution in [0, 0.1) is 0 Å². The maximum atomic E-state index is 13.2. The van der Waals surface area contributed by atoms with Gasteiger partial charge in [-0.25, -0.2) is 4.79 Å². The first kappa shape index (κ1) is 70.4. The van der Waals surface area contributed by atoms with E-state index in [9.17, 15) is 34.5 Å². The molecule has 0 aliphatic carbocycles. The Balaban J connectivity index is 2.72. The number of carboxylic acid groups (broad SMARTS) is 1. The van der Waals surface area contributed by atoms with Crippen molar-refractivity contribution in [3.05, 3.63) is 109 Å². The van der Waals surface area contributed by atoms with Crippen molar-refractivity contribution >= 4 is 23.9 Å². The third-order valence-corrected chi connectivity index (χ3v) is 12.8. The lowest BCUT2D eigenvalue weighted by Gasteiger charge is -2.40. The fraction of sp³-hybridized carbons (Fsp3) is 0.662. The van der Waals surface area contributed by atoms with Gasteiger partial charge in [-0.15, -0.1) is 0 Å². The minimum atomic E-state index is -1.92. The average Bonchev–Trinajstić information content (AvgIpc) is 3.41. The van der Waals surface area contributed by atoms with E-state index in [-0.39, 0.29) is 25.9 Å². The average molecular weight is 1080 g/mol. The van der Waals surface area contributed by atoms with Crippen LogP contribution in [0.2, 0.25) is 0 Å². The zero-order valence-corrected chi connectivity index (χ0v) is 47.9. The Kier molecular flexibility index (Phi) is 47.6. The summed E-state index contributed by atoms with van der Waals surface area (Å²) >= 11 is 0. The van der Waals surface area contributed by atoms with E-state index in [4.69, 9.17) is 23.7 Å². The summed E-state index contributed by atoms with van der Waals surface area (Å²) in [4.78, 5) is 51.1. The molecule has 0 saturated carbocycles. The van der Waals surface area contributed by atoms with Gasteiger partial charge in [0.25, 0.3) is 0 Å². The molecule has 1 saturated heterocycles. The Morgan fingerprint density at radius 2 is 0.818 bits per heavy atom. The number of ether oxygens (including phenoxy) is 5. The topological polar surface area (TPSA) is 175 Å². The molecule has 77 heavy (non-hydrogen) atoms. The van der Waals surface area contributed by atoms with Crippen LogP contribution >= 0.6 is 0 Å². The summed E-state index contributed by atoms with van der Waals surface area (Å²) in [7, 11) is 0. The number of hydrogen-bond donors (Lipinski definition) is 3. The van der Waals surface area contributed by atoms with E-state index in [0.29, 0.717) is 19.3 Å².